The fourth-order valence-electron chi connectivity index (χ4n) is 3.21. The number of nitrogens with one attached hydrogen (secondary N) is 1. The van der Waals surface area contributed by atoms with E-state index in [1.165, 1.54) is 18.5 Å². The van der Waals surface area contributed by atoms with Crippen molar-refractivity contribution in [2.75, 3.05) is 32.5 Å². The second-order valence-electron chi connectivity index (χ2n) is 7.69. The zero-order chi connectivity index (χ0) is 23.8. The summed E-state index contributed by atoms with van der Waals surface area (Å²) in [5, 5.41) is 17.6. The van der Waals surface area contributed by atoms with Gasteiger partial charge in [-0.2, -0.15) is 0 Å². The van der Waals surface area contributed by atoms with Crippen molar-refractivity contribution in [1.29, 1.82) is 0 Å². The Morgan fingerprint density at radius 2 is 2.09 bits per heavy atom. The van der Waals surface area contributed by atoms with Gasteiger partial charge >= 0.3 is 0 Å². The summed E-state index contributed by atoms with van der Waals surface area (Å²) in [5.41, 5.74) is 3.41. The first kappa shape index (κ1) is 25.6. The molecule has 0 radical (unpaired) electrons. The summed E-state index contributed by atoms with van der Waals surface area (Å²) >= 11 is 0. The Morgan fingerprint density at radius 1 is 1.34 bits per heavy atom. The number of nitrogens with zero attached hydrogens (tertiary/aromatic N) is 1. The summed E-state index contributed by atoms with van der Waals surface area (Å²) in [6, 6.07) is 4.82. The molecular weight excluding hydrogens is 435 g/mol. The number of carbonyl (C=O) groups is 1. The topological polar surface area (TPSA) is 107 Å². The van der Waals surface area contributed by atoms with Gasteiger partial charge < -0.3 is 5.11 Å². The molecule has 0 saturated heterocycles. The molecule has 1 aromatic carbocycles. The maximum absolute atomic E-state index is 14.4. The second-order valence-corrected chi connectivity index (χ2v) is 10.1. The summed E-state index contributed by atoms with van der Waals surface area (Å²) in [4.78, 5) is 13.9. The maximum Gasteiger partial charge on any atom is 0.264 e. The van der Waals surface area contributed by atoms with Gasteiger partial charge in [0.15, 0.2) is 14.6 Å². The summed E-state index contributed by atoms with van der Waals surface area (Å²) in [5.74, 6) is 9.03. The smallest absolute Gasteiger partial charge is 0.264 e. The number of benzene rings is 1. The Labute approximate surface area is 188 Å². The molecule has 0 aliphatic carbocycles. The predicted octanol–water partition coefficient (Wildman–Crippen LogP) is 1.35. The third-order valence-corrected chi connectivity index (χ3v) is 7.55. The fourth-order valence-corrected chi connectivity index (χ4v) is 4.06. The molecule has 2 rings (SSSR count). The van der Waals surface area contributed by atoms with Crippen molar-refractivity contribution in [2.45, 2.75) is 30.9 Å². The first-order valence-electron chi connectivity index (χ1n) is 10.1. The number of hydrogen-bond donors (Lipinski definition) is 3. The third-order valence-electron chi connectivity index (χ3n) is 5.52. The highest BCUT2D eigenvalue weighted by molar-refractivity contribution is 7.92. The minimum Gasteiger partial charge on any atom is -0.395 e. The Morgan fingerprint density at radius 3 is 2.66 bits per heavy atom. The first-order valence-corrected chi connectivity index (χ1v) is 12.0. The molecule has 1 atom stereocenters. The molecule has 1 amide bonds. The molecular formula is C23H27FN2O5S. The van der Waals surface area contributed by atoms with E-state index in [1.807, 2.05) is 11.0 Å². The lowest BCUT2D eigenvalue weighted by atomic mass is 9.97. The lowest BCUT2D eigenvalue weighted by Gasteiger charge is -2.31. The quantitative estimate of drug-likeness (QED) is 0.321. The van der Waals surface area contributed by atoms with Gasteiger partial charge in [0.2, 0.25) is 0 Å². The largest absolute Gasteiger partial charge is 0.395 e. The van der Waals surface area contributed by atoms with Crippen LogP contribution in [0.5, 0.6) is 0 Å². The Hall–Kier alpha value is -2.69. The lowest BCUT2D eigenvalue weighted by Crippen LogP contribution is -2.51. The normalized spacial score (nSPS) is 16.0. The van der Waals surface area contributed by atoms with Crippen LogP contribution in [0.25, 0.3) is 5.57 Å². The van der Waals surface area contributed by atoms with Gasteiger partial charge in [-0.3, -0.25) is 14.9 Å². The molecule has 1 aliphatic rings. The highest BCUT2D eigenvalue weighted by Crippen LogP contribution is 2.26. The monoisotopic (exact) mass is 462 g/mol. The van der Waals surface area contributed by atoms with Crippen LogP contribution in [0, 0.1) is 29.5 Å². The predicted molar refractivity (Wildman–Crippen MR) is 120 cm³/mol. The molecule has 3 N–H and O–H groups in total. The fraction of sp³-hybridized carbons (Fsp3) is 0.435. The number of carbonyl (C=O) groups excluding carboxylic acids is 1. The van der Waals surface area contributed by atoms with E-state index in [1.54, 1.807) is 12.1 Å². The molecule has 1 aliphatic heterocycles. The van der Waals surface area contributed by atoms with Crippen molar-refractivity contribution in [2.24, 2.45) is 0 Å². The van der Waals surface area contributed by atoms with Crippen LogP contribution in [0.4, 0.5) is 4.39 Å². The minimum atomic E-state index is -3.74. The van der Waals surface area contributed by atoms with Crippen LogP contribution < -0.4 is 5.48 Å². The van der Waals surface area contributed by atoms with Crippen molar-refractivity contribution < 1.29 is 27.9 Å². The van der Waals surface area contributed by atoms with E-state index in [9.17, 15) is 17.6 Å². The van der Waals surface area contributed by atoms with Crippen LogP contribution in [0.1, 0.15) is 37.3 Å². The van der Waals surface area contributed by atoms with Gasteiger partial charge in [-0.15, -0.1) is 0 Å². The third kappa shape index (κ3) is 6.41. The number of sulfone groups is 1. The van der Waals surface area contributed by atoms with Crippen LogP contribution in [0.2, 0.25) is 0 Å². The molecule has 32 heavy (non-hydrogen) atoms. The van der Waals surface area contributed by atoms with Gasteiger partial charge in [0, 0.05) is 32.3 Å². The lowest BCUT2D eigenvalue weighted by molar-refractivity contribution is -0.131. The zero-order valence-electron chi connectivity index (χ0n) is 18.1. The van der Waals surface area contributed by atoms with Crippen molar-refractivity contribution >= 4 is 21.3 Å². The van der Waals surface area contributed by atoms with E-state index < -0.39 is 26.3 Å². The van der Waals surface area contributed by atoms with Crippen molar-refractivity contribution in [3.8, 4) is 23.7 Å². The highest BCUT2D eigenvalue weighted by Gasteiger charge is 2.43. The van der Waals surface area contributed by atoms with Crippen LogP contribution in [0.3, 0.4) is 0 Å². The standard InChI is InChI=1S/C23H27FN2O5S/c1-23(22(28)25-29,32(2,30)31)12-15-26-13-10-18(11-14-26)20-9-8-19(21(24)17-20)7-5-3-4-6-16-27/h8-10,17,27,29H,6,11-16H2,1-2H3,(H,25,28). The molecule has 1 unspecified atom stereocenters. The molecule has 1 heterocycles. The molecule has 0 fully saturated rings. The van der Waals surface area contributed by atoms with Crippen LogP contribution in [-0.2, 0) is 14.6 Å². The molecule has 0 bridgehead atoms. The Bertz CT molecular complexity index is 1110. The van der Waals surface area contributed by atoms with E-state index in [4.69, 9.17) is 10.3 Å². The van der Waals surface area contributed by atoms with Gasteiger partial charge in [0.05, 0.1) is 12.2 Å². The van der Waals surface area contributed by atoms with E-state index in [2.05, 4.69) is 23.7 Å². The van der Waals surface area contributed by atoms with Crippen LogP contribution in [0.15, 0.2) is 24.3 Å². The summed E-state index contributed by atoms with van der Waals surface area (Å²) in [7, 11) is -3.74. The SMILES string of the molecule is CC(CCN1CC=C(c2ccc(C#CC#CCCO)c(F)c2)CC1)(C(=O)NO)S(C)(=O)=O. The van der Waals surface area contributed by atoms with Gasteiger partial charge in [0.25, 0.3) is 5.91 Å². The van der Waals surface area contributed by atoms with Gasteiger partial charge in [-0.25, -0.2) is 18.3 Å². The number of rotatable bonds is 7. The summed E-state index contributed by atoms with van der Waals surface area (Å²) in [6.45, 7) is 2.75. The highest BCUT2D eigenvalue weighted by atomic mass is 32.2. The number of aliphatic hydroxyl groups excluding tert-OH is 1. The van der Waals surface area contributed by atoms with Gasteiger partial charge in [0.1, 0.15) is 5.82 Å². The van der Waals surface area contributed by atoms with Gasteiger partial charge in [-0.1, -0.05) is 18.1 Å². The van der Waals surface area contributed by atoms with E-state index in [0.29, 0.717) is 32.5 Å². The average Bonchev–Trinajstić information content (AvgIpc) is 2.77. The molecule has 1 aromatic rings. The molecule has 172 valence electrons. The van der Waals surface area contributed by atoms with E-state index in [0.717, 1.165) is 17.4 Å². The number of aliphatic hydroxyl groups is 1. The number of halogens is 1. The number of hydroxylamine groups is 1. The molecule has 0 aromatic heterocycles. The Balaban J connectivity index is 2.04. The van der Waals surface area contributed by atoms with E-state index >= 15 is 0 Å². The number of hydrogen-bond acceptors (Lipinski definition) is 6. The van der Waals surface area contributed by atoms with Crippen molar-refractivity contribution in [1.82, 2.24) is 10.4 Å². The van der Waals surface area contributed by atoms with Crippen molar-refractivity contribution in [3.05, 3.63) is 41.2 Å². The molecule has 0 spiro atoms. The second kappa shape index (κ2) is 11.3. The van der Waals surface area contributed by atoms with Crippen LogP contribution >= 0.6 is 0 Å². The first-order chi connectivity index (χ1) is 15.1. The number of amides is 1. The van der Waals surface area contributed by atoms with Crippen LogP contribution in [-0.4, -0.2) is 66.8 Å². The van der Waals surface area contributed by atoms with Gasteiger partial charge in [-0.05, 0) is 60.8 Å². The molecule has 9 heteroatoms. The average molecular weight is 463 g/mol. The molecule has 7 nitrogen and oxygen atoms in total. The maximum atomic E-state index is 14.4. The summed E-state index contributed by atoms with van der Waals surface area (Å²) in [6.07, 6.45) is 3.92. The van der Waals surface area contributed by atoms with E-state index in [-0.39, 0.29) is 18.6 Å². The molecule has 0 saturated carbocycles. The zero-order valence-corrected chi connectivity index (χ0v) is 18.9. The summed E-state index contributed by atoms with van der Waals surface area (Å²) < 4.78 is 36.8. The van der Waals surface area contributed by atoms with Crippen molar-refractivity contribution in [3.63, 3.8) is 0 Å². The minimum absolute atomic E-state index is 0.0323. The Kier molecular flexibility index (Phi) is 8.99.